The Bertz CT molecular complexity index is 444. The lowest BCUT2D eigenvalue weighted by atomic mass is 10.1. The molecule has 0 aliphatic rings. The molecule has 0 heterocycles. The number of nitrogens with two attached hydrogens (primary N) is 1. The van der Waals surface area contributed by atoms with Gasteiger partial charge in [-0.15, -0.1) is 0 Å². The first-order chi connectivity index (χ1) is 8.97. The van der Waals surface area contributed by atoms with Crippen LogP contribution in [0, 0.1) is 5.92 Å². The smallest absolute Gasteiger partial charge is 0.310 e. The Labute approximate surface area is 113 Å². The van der Waals surface area contributed by atoms with Crippen molar-refractivity contribution in [2.24, 2.45) is 5.92 Å². The zero-order valence-corrected chi connectivity index (χ0v) is 11.3. The summed E-state index contributed by atoms with van der Waals surface area (Å²) in [7, 11) is 0. The summed E-state index contributed by atoms with van der Waals surface area (Å²) < 4.78 is 4.89. The topological polar surface area (TPSA) is 81.4 Å². The fraction of sp³-hybridized carbons (Fsp3) is 0.429. The molecule has 1 rings (SSSR count). The van der Waals surface area contributed by atoms with Gasteiger partial charge in [0.2, 0.25) is 0 Å². The van der Waals surface area contributed by atoms with E-state index in [1.807, 2.05) is 13.8 Å². The summed E-state index contributed by atoms with van der Waals surface area (Å²) >= 11 is 0. The number of benzene rings is 1. The van der Waals surface area contributed by atoms with Gasteiger partial charge in [0.15, 0.2) is 6.61 Å². The molecule has 0 aromatic heterocycles. The first-order valence-electron chi connectivity index (χ1n) is 6.24. The van der Waals surface area contributed by atoms with Crippen LogP contribution in [0.1, 0.15) is 19.4 Å². The predicted octanol–water partition coefficient (Wildman–Crippen LogP) is 1.13. The lowest BCUT2D eigenvalue weighted by Crippen LogP contribution is -2.31. The normalized spacial score (nSPS) is 10.3. The van der Waals surface area contributed by atoms with Crippen LogP contribution >= 0.6 is 0 Å². The van der Waals surface area contributed by atoms with E-state index in [1.54, 1.807) is 24.3 Å². The van der Waals surface area contributed by atoms with Gasteiger partial charge >= 0.3 is 5.97 Å². The summed E-state index contributed by atoms with van der Waals surface area (Å²) in [5.74, 6) is -0.355. The van der Waals surface area contributed by atoms with Crippen LogP contribution in [0.5, 0.6) is 0 Å². The van der Waals surface area contributed by atoms with E-state index < -0.39 is 5.97 Å². The molecule has 0 aliphatic carbocycles. The van der Waals surface area contributed by atoms with Crippen molar-refractivity contribution in [1.29, 1.82) is 0 Å². The highest BCUT2D eigenvalue weighted by atomic mass is 16.5. The number of hydrogen-bond donors (Lipinski definition) is 2. The largest absolute Gasteiger partial charge is 0.455 e. The van der Waals surface area contributed by atoms with Crippen LogP contribution in [0.25, 0.3) is 0 Å². The summed E-state index contributed by atoms with van der Waals surface area (Å²) in [6, 6.07) is 7.01. The van der Waals surface area contributed by atoms with E-state index in [9.17, 15) is 9.59 Å². The molecule has 0 atom stereocenters. The molecule has 0 spiro atoms. The lowest BCUT2D eigenvalue weighted by molar-refractivity contribution is -0.147. The van der Waals surface area contributed by atoms with Gasteiger partial charge in [-0.25, -0.2) is 0 Å². The number of rotatable bonds is 6. The number of hydrogen-bond acceptors (Lipinski definition) is 4. The van der Waals surface area contributed by atoms with E-state index in [0.29, 0.717) is 18.2 Å². The number of carbonyl (C=O) groups excluding carboxylic acids is 2. The molecule has 104 valence electrons. The van der Waals surface area contributed by atoms with Crippen molar-refractivity contribution in [2.45, 2.75) is 20.3 Å². The van der Waals surface area contributed by atoms with Gasteiger partial charge < -0.3 is 15.8 Å². The van der Waals surface area contributed by atoms with E-state index in [2.05, 4.69) is 5.32 Å². The molecule has 0 aliphatic heterocycles. The average Bonchev–Trinajstić information content (AvgIpc) is 2.34. The summed E-state index contributed by atoms with van der Waals surface area (Å²) in [5, 5.41) is 2.67. The molecule has 5 nitrogen and oxygen atoms in total. The standard InChI is InChI=1S/C14H20N2O3/c1-10(2)8-16-13(17)9-19-14(18)7-11-4-3-5-12(15)6-11/h3-6,10H,7-9,15H2,1-2H3,(H,16,17). The van der Waals surface area contributed by atoms with Crippen molar-refractivity contribution in [3.05, 3.63) is 29.8 Å². The number of carbonyl (C=O) groups is 2. The molecule has 1 aromatic rings. The minimum Gasteiger partial charge on any atom is -0.455 e. The third kappa shape index (κ3) is 6.45. The molecule has 1 aromatic carbocycles. The number of nitrogen functional groups attached to an aromatic ring is 1. The number of anilines is 1. The maximum absolute atomic E-state index is 11.5. The van der Waals surface area contributed by atoms with Gasteiger partial charge in [0, 0.05) is 12.2 Å². The van der Waals surface area contributed by atoms with Crippen LogP contribution in [0.3, 0.4) is 0 Å². The van der Waals surface area contributed by atoms with E-state index in [1.165, 1.54) is 0 Å². The summed E-state index contributed by atoms with van der Waals surface area (Å²) in [6.45, 7) is 4.32. The average molecular weight is 264 g/mol. The maximum atomic E-state index is 11.5. The van der Waals surface area contributed by atoms with Crippen LogP contribution in [0.4, 0.5) is 5.69 Å². The van der Waals surface area contributed by atoms with Crippen molar-refractivity contribution in [1.82, 2.24) is 5.32 Å². The van der Waals surface area contributed by atoms with Gasteiger partial charge in [0.25, 0.3) is 5.91 Å². The summed E-state index contributed by atoms with van der Waals surface area (Å²) in [5.41, 5.74) is 6.98. The second-order valence-corrected chi connectivity index (χ2v) is 4.78. The van der Waals surface area contributed by atoms with Gasteiger partial charge in [-0.05, 0) is 23.6 Å². The Hall–Kier alpha value is -2.04. The molecule has 3 N–H and O–H groups in total. The van der Waals surface area contributed by atoms with Crippen LogP contribution in [0.2, 0.25) is 0 Å². The van der Waals surface area contributed by atoms with Gasteiger partial charge in [-0.3, -0.25) is 9.59 Å². The highest BCUT2D eigenvalue weighted by Gasteiger charge is 2.08. The van der Waals surface area contributed by atoms with Crippen molar-refractivity contribution >= 4 is 17.6 Å². The number of nitrogens with one attached hydrogen (secondary N) is 1. The Kier molecular flexibility index (Phi) is 5.85. The van der Waals surface area contributed by atoms with E-state index >= 15 is 0 Å². The van der Waals surface area contributed by atoms with E-state index in [4.69, 9.17) is 10.5 Å². The minimum atomic E-state index is -0.440. The second-order valence-electron chi connectivity index (χ2n) is 4.78. The SMILES string of the molecule is CC(C)CNC(=O)COC(=O)Cc1cccc(N)c1. The summed E-state index contributed by atoms with van der Waals surface area (Å²) in [6.07, 6.45) is 0.114. The molecule has 0 saturated heterocycles. The molecule has 0 saturated carbocycles. The fourth-order valence-electron chi connectivity index (χ4n) is 1.44. The van der Waals surface area contributed by atoms with Crippen molar-refractivity contribution < 1.29 is 14.3 Å². The van der Waals surface area contributed by atoms with Crippen LogP contribution < -0.4 is 11.1 Å². The highest BCUT2D eigenvalue weighted by Crippen LogP contribution is 2.07. The molecule has 5 heteroatoms. The van der Waals surface area contributed by atoms with Crippen molar-refractivity contribution in [2.75, 3.05) is 18.9 Å². The molecule has 1 amide bonds. The van der Waals surface area contributed by atoms with Gasteiger partial charge in [0.05, 0.1) is 6.42 Å². The quantitative estimate of drug-likeness (QED) is 0.596. The van der Waals surface area contributed by atoms with Gasteiger partial charge in [0.1, 0.15) is 0 Å². The van der Waals surface area contributed by atoms with Gasteiger partial charge in [-0.1, -0.05) is 26.0 Å². The Morgan fingerprint density at radius 3 is 2.74 bits per heavy atom. The Balaban J connectivity index is 2.30. The Morgan fingerprint density at radius 1 is 1.37 bits per heavy atom. The zero-order chi connectivity index (χ0) is 14.3. The van der Waals surface area contributed by atoms with Crippen LogP contribution in [-0.2, 0) is 20.7 Å². The van der Waals surface area contributed by atoms with Crippen molar-refractivity contribution in [3.8, 4) is 0 Å². The molecule has 0 bridgehead atoms. The molecule has 0 fully saturated rings. The molecular weight excluding hydrogens is 244 g/mol. The van der Waals surface area contributed by atoms with Gasteiger partial charge in [-0.2, -0.15) is 0 Å². The number of esters is 1. The number of ether oxygens (including phenoxy) is 1. The highest BCUT2D eigenvalue weighted by molar-refractivity contribution is 5.81. The third-order valence-corrected chi connectivity index (χ3v) is 2.37. The summed E-state index contributed by atoms with van der Waals surface area (Å²) in [4.78, 5) is 22.9. The van der Waals surface area contributed by atoms with Crippen LogP contribution in [-0.4, -0.2) is 25.0 Å². The third-order valence-electron chi connectivity index (χ3n) is 2.37. The molecule has 0 unspecified atom stereocenters. The fourth-order valence-corrected chi connectivity index (χ4v) is 1.44. The molecular formula is C14H20N2O3. The predicted molar refractivity (Wildman–Crippen MR) is 73.4 cm³/mol. The van der Waals surface area contributed by atoms with E-state index in [0.717, 1.165) is 5.56 Å². The molecule has 0 radical (unpaired) electrons. The first kappa shape index (κ1) is 15.0. The minimum absolute atomic E-state index is 0.114. The van der Waals surface area contributed by atoms with Crippen molar-refractivity contribution in [3.63, 3.8) is 0 Å². The van der Waals surface area contributed by atoms with Crippen LogP contribution in [0.15, 0.2) is 24.3 Å². The lowest BCUT2D eigenvalue weighted by Gasteiger charge is -2.08. The zero-order valence-electron chi connectivity index (χ0n) is 11.3. The number of amides is 1. The maximum Gasteiger partial charge on any atom is 0.310 e. The Morgan fingerprint density at radius 2 is 2.11 bits per heavy atom. The monoisotopic (exact) mass is 264 g/mol. The molecule has 19 heavy (non-hydrogen) atoms. The van der Waals surface area contributed by atoms with E-state index in [-0.39, 0.29) is 18.9 Å². The first-order valence-corrected chi connectivity index (χ1v) is 6.24. The second kappa shape index (κ2) is 7.41.